The van der Waals surface area contributed by atoms with Crippen LogP contribution in [0.2, 0.25) is 0 Å². The van der Waals surface area contributed by atoms with Crippen molar-refractivity contribution >= 4 is 11.9 Å². The Bertz CT molecular complexity index is 829. The van der Waals surface area contributed by atoms with Crippen molar-refractivity contribution in [1.29, 1.82) is 0 Å². The maximum atomic E-state index is 12.3. The Hall–Kier alpha value is -2.79. The fraction of sp³-hybridized carbons (Fsp3) is 0.318. The second kappa shape index (κ2) is 8.73. The maximum Gasteiger partial charge on any atom is 0.189 e. The highest BCUT2D eigenvalue weighted by Gasteiger charge is 2.40. The molecule has 1 aromatic carbocycles. The molecule has 0 aromatic heterocycles. The van der Waals surface area contributed by atoms with E-state index in [0.29, 0.717) is 22.8 Å². The van der Waals surface area contributed by atoms with Crippen molar-refractivity contribution < 1.29 is 23.7 Å². The molecule has 1 atom stereocenters. The Balaban J connectivity index is 2.57. The number of ketones is 1. The molecule has 0 saturated carbocycles. The Morgan fingerprint density at radius 3 is 2.30 bits per heavy atom. The van der Waals surface area contributed by atoms with Gasteiger partial charge in [-0.3, -0.25) is 4.79 Å². The largest absolute Gasteiger partial charge is 0.497 e. The van der Waals surface area contributed by atoms with E-state index in [1.54, 1.807) is 33.5 Å². The van der Waals surface area contributed by atoms with Crippen molar-refractivity contribution in [2.24, 2.45) is 0 Å². The third-order valence-electron chi connectivity index (χ3n) is 4.54. The fourth-order valence-electron chi connectivity index (χ4n) is 3.12. The predicted octanol–water partition coefficient (Wildman–Crippen LogP) is 4.11. The van der Waals surface area contributed by atoms with Gasteiger partial charge in [-0.25, -0.2) is 0 Å². The van der Waals surface area contributed by atoms with E-state index in [9.17, 15) is 4.79 Å². The van der Waals surface area contributed by atoms with Crippen molar-refractivity contribution in [2.75, 3.05) is 28.4 Å². The summed E-state index contributed by atoms with van der Waals surface area (Å²) in [6.45, 7) is 3.80. The summed E-state index contributed by atoms with van der Waals surface area (Å²) < 4.78 is 22.0. The molecule has 0 N–H and O–H groups in total. The Morgan fingerprint density at radius 2 is 1.74 bits per heavy atom. The van der Waals surface area contributed by atoms with Crippen LogP contribution >= 0.6 is 0 Å². The summed E-state index contributed by atoms with van der Waals surface area (Å²) in [5.74, 6) is 1.62. The summed E-state index contributed by atoms with van der Waals surface area (Å²) in [7, 11) is 6.32. The molecular weight excluding hydrogens is 344 g/mol. The van der Waals surface area contributed by atoms with E-state index in [-0.39, 0.29) is 5.78 Å². The molecule has 0 bridgehead atoms. The normalized spacial score (nSPS) is 20.4. The van der Waals surface area contributed by atoms with Crippen LogP contribution in [0.1, 0.15) is 19.4 Å². The topological polar surface area (TPSA) is 54.0 Å². The SMILES string of the molecule is CC=CC1=C[C@](OC)(C(C)=Cc2ccc(OC)c(OC)c2)C(OC)=CC1=O. The average molecular weight is 370 g/mol. The number of rotatable bonds is 7. The molecule has 0 fully saturated rings. The molecule has 0 amide bonds. The highest BCUT2D eigenvalue weighted by Crippen LogP contribution is 2.38. The number of hydrogen-bond acceptors (Lipinski definition) is 5. The minimum Gasteiger partial charge on any atom is -0.497 e. The lowest BCUT2D eigenvalue weighted by molar-refractivity contribution is -0.111. The predicted molar refractivity (Wildman–Crippen MR) is 106 cm³/mol. The number of methoxy groups -OCH3 is 4. The Labute approximate surface area is 160 Å². The number of hydrogen-bond donors (Lipinski definition) is 0. The molecule has 0 radical (unpaired) electrons. The second-order valence-electron chi connectivity index (χ2n) is 6.06. The van der Waals surface area contributed by atoms with Gasteiger partial charge in [0.25, 0.3) is 0 Å². The molecular formula is C22H26O5. The van der Waals surface area contributed by atoms with Gasteiger partial charge >= 0.3 is 0 Å². The smallest absolute Gasteiger partial charge is 0.189 e. The number of carbonyl (C=O) groups excluding carboxylic acids is 1. The van der Waals surface area contributed by atoms with Gasteiger partial charge in [0.2, 0.25) is 0 Å². The molecule has 0 saturated heterocycles. The van der Waals surface area contributed by atoms with Gasteiger partial charge in [0, 0.05) is 18.8 Å². The monoisotopic (exact) mass is 370 g/mol. The highest BCUT2D eigenvalue weighted by molar-refractivity contribution is 6.08. The second-order valence-corrected chi connectivity index (χ2v) is 6.06. The van der Waals surface area contributed by atoms with Crippen LogP contribution in [0.4, 0.5) is 0 Å². The van der Waals surface area contributed by atoms with E-state index < -0.39 is 5.60 Å². The van der Waals surface area contributed by atoms with Crippen LogP contribution in [0, 0.1) is 0 Å². The molecule has 5 heteroatoms. The maximum absolute atomic E-state index is 12.3. The van der Waals surface area contributed by atoms with Gasteiger partial charge < -0.3 is 18.9 Å². The summed E-state index contributed by atoms with van der Waals surface area (Å²) in [6.07, 6.45) is 8.83. The lowest BCUT2D eigenvalue weighted by Crippen LogP contribution is -2.37. The highest BCUT2D eigenvalue weighted by atomic mass is 16.5. The van der Waals surface area contributed by atoms with Crippen LogP contribution in [0.15, 0.2) is 59.4 Å². The van der Waals surface area contributed by atoms with Crippen molar-refractivity contribution in [3.8, 4) is 11.5 Å². The van der Waals surface area contributed by atoms with Crippen LogP contribution in [-0.2, 0) is 14.3 Å². The molecule has 1 aliphatic carbocycles. The first-order valence-corrected chi connectivity index (χ1v) is 8.57. The molecule has 0 spiro atoms. The zero-order valence-corrected chi connectivity index (χ0v) is 16.7. The van der Waals surface area contributed by atoms with Crippen molar-refractivity contribution in [1.82, 2.24) is 0 Å². The van der Waals surface area contributed by atoms with Gasteiger partial charge in [-0.1, -0.05) is 24.3 Å². The van der Waals surface area contributed by atoms with E-state index in [1.807, 2.05) is 44.2 Å². The summed E-state index contributed by atoms with van der Waals surface area (Å²) in [5, 5.41) is 0. The molecule has 0 unspecified atom stereocenters. The van der Waals surface area contributed by atoms with E-state index in [2.05, 4.69) is 0 Å². The Morgan fingerprint density at radius 1 is 1.04 bits per heavy atom. The van der Waals surface area contributed by atoms with Crippen LogP contribution in [0.25, 0.3) is 6.08 Å². The van der Waals surface area contributed by atoms with Gasteiger partial charge in [0.05, 0.1) is 21.3 Å². The zero-order valence-electron chi connectivity index (χ0n) is 16.7. The molecule has 27 heavy (non-hydrogen) atoms. The summed E-state index contributed by atoms with van der Waals surface area (Å²) in [4.78, 5) is 12.3. The molecule has 5 nitrogen and oxygen atoms in total. The third-order valence-corrected chi connectivity index (χ3v) is 4.54. The number of benzene rings is 1. The van der Waals surface area contributed by atoms with Gasteiger partial charge in [-0.15, -0.1) is 0 Å². The lowest BCUT2D eigenvalue weighted by atomic mass is 9.83. The molecule has 2 rings (SSSR count). The number of allylic oxidation sites excluding steroid dienone is 4. The molecule has 144 valence electrons. The van der Waals surface area contributed by atoms with Crippen LogP contribution in [0.5, 0.6) is 11.5 Å². The van der Waals surface area contributed by atoms with E-state index >= 15 is 0 Å². The minimum absolute atomic E-state index is 0.114. The Kier molecular flexibility index (Phi) is 6.64. The van der Waals surface area contributed by atoms with Crippen molar-refractivity contribution in [2.45, 2.75) is 19.4 Å². The average Bonchev–Trinajstić information content (AvgIpc) is 2.69. The zero-order chi connectivity index (χ0) is 20.0. The molecule has 0 heterocycles. The van der Waals surface area contributed by atoms with Crippen LogP contribution in [0.3, 0.4) is 0 Å². The lowest BCUT2D eigenvalue weighted by Gasteiger charge is -2.34. The van der Waals surface area contributed by atoms with Gasteiger partial charge in [0.1, 0.15) is 5.76 Å². The first-order valence-electron chi connectivity index (χ1n) is 8.57. The number of carbonyl (C=O) groups is 1. The van der Waals surface area contributed by atoms with Gasteiger partial charge in [-0.2, -0.15) is 0 Å². The quantitative estimate of drug-likeness (QED) is 0.723. The molecule has 1 aromatic rings. The standard InChI is InChI=1S/C22H26O5/c1-7-8-17-14-22(27-6,21(26-5)13-18(17)23)15(2)11-16-9-10-19(24-3)20(12-16)25-4/h7-14H,1-6H3/t22-/m0/s1. The van der Waals surface area contributed by atoms with Gasteiger partial charge in [0.15, 0.2) is 22.9 Å². The van der Waals surface area contributed by atoms with Crippen LogP contribution in [-0.4, -0.2) is 39.8 Å². The molecule has 0 aliphatic heterocycles. The van der Waals surface area contributed by atoms with E-state index in [4.69, 9.17) is 18.9 Å². The van der Waals surface area contributed by atoms with Crippen LogP contribution < -0.4 is 9.47 Å². The molecule has 1 aliphatic rings. The van der Waals surface area contributed by atoms with Crippen molar-refractivity contribution in [3.05, 3.63) is 65.0 Å². The number of ether oxygens (including phenoxy) is 4. The van der Waals surface area contributed by atoms with E-state index in [1.165, 1.54) is 13.2 Å². The van der Waals surface area contributed by atoms with Crippen molar-refractivity contribution in [3.63, 3.8) is 0 Å². The van der Waals surface area contributed by atoms with E-state index in [0.717, 1.165) is 11.1 Å². The summed E-state index contributed by atoms with van der Waals surface area (Å²) in [6, 6.07) is 5.65. The first-order chi connectivity index (χ1) is 12.9. The third kappa shape index (κ3) is 3.98. The fourth-order valence-corrected chi connectivity index (χ4v) is 3.12. The summed E-state index contributed by atoms with van der Waals surface area (Å²) in [5.41, 5.74) is 1.36. The minimum atomic E-state index is -0.968. The first kappa shape index (κ1) is 20.5. The van der Waals surface area contributed by atoms with Gasteiger partial charge in [-0.05, 0) is 43.2 Å². The summed E-state index contributed by atoms with van der Waals surface area (Å²) >= 11 is 0.